The van der Waals surface area contributed by atoms with Crippen LogP contribution in [-0.4, -0.2) is 42.8 Å². The van der Waals surface area contributed by atoms with Gasteiger partial charge < -0.3 is 10.4 Å². The highest BCUT2D eigenvalue weighted by molar-refractivity contribution is 5.83. The average Bonchev–Trinajstić information content (AvgIpc) is 2.69. The largest absolute Gasteiger partial charge is 0.490 e. The molecule has 0 fully saturated rings. The van der Waals surface area contributed by atoms with E-state index in [2.05, 4.69) is 10.6 Å². The molecule has 0 saturated carbocycles. The molecule has 5 nitrogen and oxygen atoms in total. The first-order chi connectivity index (χ1) is 7.29. The number of carboxylic acids is 1. The van der Waals surface area contributed by atoms with Crippen molar-refractivity contribution in [3.05, 3.63) is 12.2 Å². The van der Waals surface area contributed by atoms with Crippen LogP contribution in [-0.2, 0) is 9.59 Å². The van der Waals surface area contributed by atoms with Gasteiger partial charge in [0.15, 0.2) is 0 Å². The zero-order valence-electron chi connectivity index (χ0n) is 8.34. The molecule has 0 bridgehead atoms. The summed E-state index contributed by atoms with van der Waals surface area (Å²) in [4.78, 5) is 19.7. The van der Waals surface area contributed by atoms with Crippen LogP contribution in [0, 0.1) is 0 Å². The molecular formula is C8H11F3N2O3. The number of hydrogen-bond donors (Lipinski definition) is 3. The molecule has 3 N–H and O–H groups in total. The van der Waals surface area contributed by atoms with Gasteiger partial charge in [-0.05, 0) is 0 Å². The van der Waals surface area contributed by atoms with E-state index in [0.717, 1.165) is 6.54 Å². The summed E-state index contributed by atoms with van der Waals surface area (Å²) < 4.78 is 31.7. The van der Waals surface area contributed by atoms with Crippen LogP contribution in [0.1, 0.15) is 0 Å². The van der Waals surface area contributed by atoms with Gasteiger partial charge in [0.1, 0.15) is 6.04 Å². The van der Waals surface area contributed by atoms with Crippen molar-refractivity contribution in [1.82, 2.24) is 10.6 Å². The van der Waals surface area contributed by atoms with Crippen LogP contribution in [0.4, 0.5) is 13.2 Å². The second-order valence-electron chi connectivity index (χ2n) is 2.73. The molecule has 0 aromatic carbocycles. The second kappa shape index (κ2) is 6.11. The van der Waals surface area contributed by atoms with Crippen LogP contribution in [0.25, 0.3) is 0 Å². The fourth-order valence-corrected chi connectivity index (χ4v) is 0.803. The molecule has 1 heterocycles. The average molecular weight is 240 g/mol. The minimum absolute atomic E-state index is 0.0313. The number of amides is 1. The standard InChI is InChI=1S/C6H10N2O.C2HF3O2/c1-7-6(9)5-3-2-4-8-5;3-2(4,5)1(6)7/h2-3,5,8H,4H2,1H3,(H,7,9);(H,6,7)/t5-;/m0./s1. The van der Waals surface area contributed by atoms with E-state index in [1.807, 2.05) is 12.2 Å². The summed E-state index contributed by atoms with van der Waals surface area (Å²) in [5, 5.41) is 12.7. The third-order valence-electron chi connectivity index (χ3n) is 1.56. The molecule has 92 valence electrons. The van der Waals surface area contributed by atoms with Gasteiger partial charge in [-0.3, -0.25) is 10.1 Å². The summed E-state index contributed by atoms with van der Waals surface area (Å²) in [7, 11) is 1.64. The number of hydrogen-bond acceptors (Lipinski definition) is 3. The Labute approximate surface area is 89.3 Å². The predicted molar refractivity (Wildman–Crippen MR) is 48.7 cm³/mol. The maximum absolute atomic E-state index is 10.8. The normalized spacial score (nSPS) is 18.6. The molecule has 16 heavy (non-hydrogen) atoms. The molecule has 0 unspecified atom stereocenters. The topological polar surface area (TPSA) is 78.4 Å². The number of carbonyl (C=O) groups is 2. The van der Waals surface area contributed by atoms with Crippen molar-refractivity contribution in [2.75, 3.05) is 13.6 Å². The molecule has 1 atom stereocenters. The maximum Gasteiger partial charge on any atom is 0.490 e. The van der Waals surface area contributed by atoms with E-state index in [4.69, 9.17) is 9.90 Å². The van der Waals surface area contributed by atoms with Gasteiger partial charge in [0.05, 0.1) is 0 Å². The monoisotopic (exact) mass is 240 g/mol. The van der Waals surface area contributed by atoms with E-state index in [1.54, 1.807) is 7.05 Å². The molecule has 0 aliphatic carbocycles. The first-order valence-electron chi connectivity index (χ1n) is 4.20. The summed E-state index contributed by atoms with van der Waals surface area (Å²) >= 11 is 0. The van der Waals surface area contributed by atoms with Gasteiger partial charge in [-0.25, -0.2) is 4.79 Å². The lowest BCUT2D eigenvalue weighted by Gasteiger charge is -2.04. The van der Waals surface area contributed by atoms with Crippen molar-refractivity contribution >= 4 is 11.9 Å². The number of alkyl halides is 3. The fourth-order valence-electron chi connectivity index (χ4n) is 0.803. The molecule has 0 aromatic rings. The van der Waals surface area contributed by atoms with Crippen LogP contribution >= 0.6 is 0 Å². The van der Waals surface area contributed by atoms with Crippen molar-refractivity contribution in [3.63, 3.8) is 0 Å². The fraction of sp³-hybridized carbons (Fsp3) is 0.500. The SMILES string of the molecule is CNC(=O)[C@@H]1C=CCN1.O=C(O)C(F)(F)F. The minimum atomic E-state index is -5.08. The molecule has 8 heteroatoms. The summed E-state index contributed by atoms with van der Waals surface area (Å²) in [6, 6.07) is -0.102. The summed E-state index contributed by atoms with van der Waals surface area (Å²) in [6.45, 7) is 0.804. The summed E-state index contributed by atoms with van der Waals surface area (Å²) in [6.07, 6.45) is -1.28. The van der Waals surface area contributed by atoms with E-state index in [0.29, 0.717) is 0 Å². The molecule has 0 spiro atoms. The first-order valence-corrected chi connectivity index (χ1v) is 4.20. The lowest BCUT2D eigenvalue weighted by atomic mass is 10.3. The Kier molecular flexibility index (Phi) is 5.51. The number of halogens is 3. The number of carboxylic acid groups (broad SMARTS) is 1. The van der Waals surface area contributed by atoms with Crippen molar-refractivity contribution in [2.24, 2.45) is 0 Å². The van der Waals surface area contributed by atoms with Gasteiger partial charge in [0.2, 0.25) is 5.91 Å². The van der Waals surface area contributed by atoms with Gasteiger partial charge >= 0.3 is 12.1 Å². The highest BCUT2D eigenvalue weighted by Crippen LogP contribution is 2.13. The molecule has 0 aromatic heterocycles. The molecule has 1 aliphatic rings. The number of likely N-dealkylation sites (N-methyl/N-ethyl adjacent to an activating group) is 1. The highest BCUT2D eigenvalue weighted by Gasteiger charge is 2.38. The number of carbonyl (C=O) groups excluding carboxylic acids is 1. The van der Waals surface area contributed by atoms with Gasteiger partial charge in [-0.2, -0.15) is 13.2 Å². The molecule has 0 saturated heterocycles. The van der Waals surface area contributed by atoms with Crippen LogP contribution < -0.4 is 10.6 Å². The van der Waals surface area contributed by atoms with Gasteiger partial charge in [-0.15, -0.1) is 0 Å². The van der Waals surface area contributed by atoms with E-state index in [1.165, 1.54) is 0 Å². The molecule has 0 radical (unpaired) electrons. The van der Waals surface area contributed by atoms with Gasteiger partial charge in [-0.1, -0.05) is 12.2 Å². The zero-order valence-corrected chi connectivity index (χ0v) is 8.34. The molecule has 1 aliphatic heterocycles. The number of aliphatic carboxylic acids is 1. The van der Waals surface area contributed by atoms with Crippen molar-refractivity contribution in [3.8, 4) is 0 Å². The van der Waals surface area contributed by atoms with E-state index >= 15 is 0 Å². The maximum atomic E-state index is 10.8. The van der Waals surface area contributed by atoms with Crippen molar-refractivity contribution in [2.45, 2.75) is 12.2 Å². The Morgan fingerprint density at radius 1 is 1.50 bits per heavy atom. The molecule has 1 rings (SSSR count). The predicted octanol–water partition coefficient (Wildman–Crippen LogP) is -0.106. The third-order valence-corrected chi connectivity index (χ3v) is 1.56. The van der Waals surface area contributed by atoms with Crippen molar-refractivity contribution in [1.29, 1.82) is 0 Å². The van der Waals surface area contributed by atoms with E-state index < -0.39 is 12.1 Å². The number of rotatable bonds is 1. The molecule has 1 amide bonds. The van der Waals surface area contributed by atoms with Crippen molar-refractivity contribution < 1.29 is 27.9 Å². The van der Waals surface area contributed by atoms with Crippen LogP contribution in [0.5, 0.6) is 0 Å². The van der Waals surface area contributed by atoms with Gasteiger partial charge in [0, 0.05) is 13.6 Å². The third kappa shape index (κ3) is 5.35. The smallest absolute Gasteiger partial charge is 0.475 e. The zero-order chi connectivity index (χ0) is 12.8. The summed E-state index contributed by atoms with van der Waals surface area (Å²) in [5.41, 5.74) is 0. The lowest BCUT2D eigenvalue weighted by molar-refractivity contribution is -0.192. The Bertz CT molecular complexity index is 289. The Hall–Kier alpha value is -1.57. The Morgan fingerprint density at radius 3 is 2.25 bits per heavy atom. The van der Waals surface area contributed by atoms with E-state index in [-0.39, 0.29) is 11.9 Å². The van der Waals surface area contributed by atoms with Crippen LogP contribution in [0.15, 0.2) is 12.2 Å². The molecular weight excluding hydrogens is 229 g/mol. The van der Waals surface area contributed by atoms with Crippen LogP contribution in [0.3, 0.4) is 0 Å². The van der Waals surface area contributed by atoms with Gasteiger partial charge in [0.25, 0.3) is 0 Å². The second-order valence-corrected chi connectivity index (χ2v) is 2.73. The van der Waals surface area contributed by atoms with E-state index in [9.17, 15) is 18.0 Å². The summed E-state index contributed by atoms with van der Waals surface area (Å²) in [5.74, 6) is -2.73. The lowest BCUT2D eigenvalue weighted by Crippen LogP contribution is -2.38. The van der Waals surface area contributed by atoms with Crippen LogP contribution in [0.2, 0.25) is 0 Å². The highest BCUT2D eigenvalue weighted by atomic mass is 19.4. The number of nitrogens with one attached hydrogen (secondary N) is 2. The quantitative estimate of drug-likeness (QED) is 0.559. The minimum Gasteiger partial charge on any atom is -0.475 e. The first kappa shape index (κ1) is 14.4. The Balaban J connectivity index is 0.000000293. The Morgan fingerprint density at radius 2 is 2.00 bits per heavy atom.